The third kappa shape index (κ3) is 11.3. The van der Waals surface area contributed by atoms with Gasteiger partial charge in [0.05, 0.1) is 23.9 Å². The minimum atomic E-state index is -5.08. The maximum Gasteiger partial charge on any atom is 0.490 e. The van der Waals surface area contributed by atoms with Crippen LogP contribution in [0.4, 0.5) is 23.2 Å². The fourth-order valence-corrected chi connectivity index (χ4v) is 4.08. The number of anilines is 1. The average molecular weight is 651 g/mol. The number of nitrogens with one attached hydrogen (secondary N) is 1. The summed E-state index contributed by atoms with van der Waals surface area (Å²) in [6, 6.07) is 29.8. The molecular weight excluding hydrogens is 620 g/mol. The first kappa shape index (κ1) is 35.7. The van der Waals surface area contributed by atoms with Gasteiger partial charge < -0.3 is 25.8 Å². The lowest BCUT2D eigenvalue weighted by molar-refractivity contribution is -0.192. The summed E-state index contributed by atoms with van der Waals surface area (Å²) in [6.07, 6.45) is -5.23. The topological polar surface area (TPSA) is 146 Å². The molecule has 0 unspecified atom stereocenters. The molecule has 244 valence electrons. The third-order valence-electron chi connectivity index (χ3n) is 6.49. The smallest absolute Gasteiger partial charge is 0.475 e. The molecule has 0 saturated carbocycles. The Morgan fingerprint density at radius 3 is 2.19 bits per heavy atom. The summed E-state index contributed by atoms with van der Waals surface area (Å²) in [5.74, 6) is -2.78. The zero-order chi connectivity index (χ0) is 34.4. The molecule has 0 heterocycles. The van der Waals surface area contributed by atoms with Crippen LogP contribution in [0.3, 0.4) is 0 Å². The molecule has 0 saturated heterocycles. The Kier molecular flexibility index (Phi) is 13.0. The fourth-order valence-electron chi connectivity index (χ4n) is 4.08. The van der Waals surface area contributed by atoms with Crippen LogP contribution in [0.1, 0.15) is 35.1 Å². The number of carboxylic acid groups (broad SMARTS) is 1. The van der Waals surface area contributed by atoms with Crippen molar-refractivity contribution in [2.45, 2.75) is 38.7 Å². The highest BCUT2D eigenvalue weighted by Gasteiger charge is 2.38. The first-order valence-corrected chi connectivity index (χ1v) is 14.1. The van der Waals surface area contributed by atoms with E-state index in [1.807, 2.05) is 30.3 Å². The molecule has 4 aromatic rings. The van der Waals surface area contributed by atoms with Gasteiger partial charge in [0.15, 0.2) is 5.75 Å². The highest BCUT2D eigenvalue weighted by Crippen LogP contribution is 2.34. The molecular formula is C34H30F4N4O5. The molecule has 4 N–H and O–H groups in total. The van der Waals surface area contributed by atoms with Gasteiger partial charge in [0, 0.05) is 31.5 Å². The summed E-state index contributed by atoms with van der Waals surface area (Å²) in [4.78, 5) is 36.5. The van der Waals surface area contributed by atoms with Crippen molar-refractivity contribution in [3.63, 3.8) is 0 Å². The van der Waals surface area contributed by atoms with Crippen LogP contribution in [-0.2, 0) is 34.0 Å². The van der Waals surface area contributed by atoms with E-state index in [4.69, 9.17) is 25.6 Å². The number of benzene rings is 4. The molecule has 0 fully saturated rings. The first-order chi connectivity index (χ1) is 22.4. The summed E-state index contributed by atoms with van der Waals surface area (Å²) in [5, 5.41) is 18.9. The Balaban J connectivity index is 0.000000771. The second-order valence-corrected chi connectivity index (χ2v) is 9.88. The van der Waals surface area contributed by atoms with E-state index in [1.165, 1.54) is 6.07 Å². The molecule has 0 bridgehead atoms. The standard InChI is InChI=1S/C32H29FN4O3.C2HF3O2/c33-28-9-2-1-7-26(28)21-36-31(38)16-17-32(39)37(22-24-14-12-23(19-34)13-15-24)29-10-3-4-11-30(29)40-27-8-5-6-25(18-27)20-35;3-2(4,5)1(6)7/h1-15,18H,16-17,20-22,35H2,(H,36,38);(H,6,7). The number of nitrogens with zero attached hydrogens (tertiary/aromatic N) is 2. The summed E-state index contributed by atoms with van der Waals surface area (Å²) in [6.45, 7) is 0.596. The van der Waals surface area contributed by atoms with Crippen molar-refractivity contribution < 1.29 is 41.8 Å². The van der Waals surface area contributed by atoms with Gasteiger partial charge in [-0.1, -0.05) is 54.6 Å². The Hall–Kier alpha value is -5.74. The van der Waals surface area contributed by atoms with Crippen molar-refractivity contribution in [2.75, 3.05) is 4.90 Å². The van der Waals surface area contributed by atoms with Gasteiger partial charge in [0.2, 0.25) is 11.8 Å². The Labute approximate surface area is 267 Å². The van der Waals surface area contributed by atoms with Gasteiger partial charge in [-0.25, -0.2) is 9.18 Å². The predicted octanol–water partition coefficient (Wildman–Crippen LogP) is 6.21. The van der Waals surface area contributed by atoms with Crippen LogP contribution in [-0.4, -0.2) is 29.1 Å². The zero-order valence-electron chi connectivity index (χ0n) is 24.8. The van der Waals surface area contributed by atoms with E-state index in [2.05, 4.69) is 11.4 Å². The van der Waals surface area contributed by atoms with Crippen molar-refractivity contribution in [1.82, 2.24) is 5.32 Å². The number of para-hydroxylation sites is 2. The van der Waals surface area contributed by atoms with Crippen LogP contribution < -0.4 is 20.7 Å². The van der Waals surface area contributed by atoms with E-state index in [0.29, 0.717) is 34.9 Å². The van der Waals surface area contributed by atoms with E-state index >= 15 is 0 Å². The number of halogens is 4. The predicted molar refractivity (Wildman–Crippen MR) is 164 cm³/mol. The Morgan fingerprint density at radius 1 is 0.894 bits per heavy atom. The van der Waals surface area contributed by atoms with Crippen molar-refractivity contribution in [3.05, 3.63) is 125 Å². The average Bonchev–Trinajstić information content (AvgIpc) is 3.06. The van der Waals surface area contributed by atoms with Crippen LogP contribution in [0.2, 0.25) is 0 Å². The van der Waals surface area contributed by atoms with Crippen molar-refractivity contribution in [2.24, 2.45) is 5.73 Å². The fraction of sp³-hybridized carbons (Fsp3) is 0.176. The lowest BCUT2D eigenvalue weighted by atomic mass is 10.1. The molecule has 0 aromatic heterocycles. The lowest BCUT2D eigenvalue weighted by Gasteiger charge is -2.25. The lowest BCUT2D eigenvalue weighted by Crippen LogP contribution is -2.32. The maximum absolute atomic E-state index is 13.9. The number of carbonyl (C=O) groups excluding carboxylic acids is 2. The van der Waals surface area contributed by atoms with E-state index in [0.717, 1.165) is 11.1 Å². The SMILES string of the molecule is N#Cc1ccc(CN(C(=O)CCC(=O)NCc2ccccc2F)c2ccccc2Oc2cccc(CN)c2)cc1.O=C(O)C(F)(F)F. The van der Waals surface area contributed by atoms with E-state index in [9.17, 15) is 27.2 Å². The quantitative estimate of drug-likeness (QED) is 0.164. The number of nitrogens with two attached hydrogens (primary N) is 1. The number of alkyl halides is 3. The number of rotatable bonds is 11. The number of hydrogen-bond donors (Lipinski definition) is 3. The molecule has 0 aliphatic heterocycles. The molecule has 0 spiro atoms. The van der Waals surface area contributed by atoms with Gasteiger partial charge in [-0.3, -0.25) is 9.59 Å². The van der Waals surface area contributed by atoms with Gasteiger partial charge in [0.1, 0.15) is 11.6 Å². The number of carboxylic acids is 1. The number of nitriles is 1. The molecule has 9 nitrogen and oxygen atoms in total. The Bertz CT molecular complexity index is 1720. The van der Waals surface area contributed by atoms with Crippen molar-refractivity contribution in [1.29, 1.82) is 5.26 Å². The van der Waals surface area contributed by atoms with Crippen molar-refractivity contribution >= 4 is 23.5 Å². The number of hydrogen-bond acceptors (Lipinski definition) is 6. The third-order valence-corrected chi connectivity index (χ3v) is 6.49. The molecule has 2 amide bonds. The van der Waals surface area contributed by atoms with Crippen LogP contribution in [0.25, 0.3) is 0 Å². The summed E-state index contributed by atoms with van der Waals surface area (Å²) in [5.41, 5.74) is 8.89. The summed E-state index contributed by atoms with van der Waals surface area (Å²) < 4.78 is 51.8. The monoisotopic (exact) mass is 650 g/mol. The number of amides is 2. The number of carbonyl (C=O) groups is 3. The minimum Gasteiger partial charge on any atom is -0.475 e. The number of ether oxygens (including phenoxy) is 1. The second kappa shape index (κ2) is 17.1. The van der Waals surface area contributed by atoms with E-state index in [1.54, 1.807) is 65.6 Å². The van der Waals surface area contributed by atoms with Gasteiger partial charge in [0.25, 0.3) is 0 Å². The summed E-state index contributed by atoms with van der Waals surface area (Å²) in [7, 11) is 0. The largest absolute Gasteiger partial charge is 0.490 e. The van der Waals surface area contributed by atoms with E-state index in [-0.39, 0.29) is 37.7 Å². The van der Waals surface area contributed by atoms with E-state index < -0.39 is 18.0 Å². The van der Waals surface area contributed by atoms with Crippen LogP contribution in [0, 0.1) is 17.1 Å². The molecule has 13 heteroatoms. The molecule has 0 aliphatic carbocycles. The molecule has 47 heavy (non-hydrogen) atoms. The maximum atomic E-state index is 13.9. The molecule has 4 rings (SSSR count). The Morgan fingerprint density at radius 2 is 1.55 bits per heavy atom. The van der Waals surface area contributed by atoms with Gasteiger partial charge >= 0.3 is 12.1 Å². The first-order valence-electron chi connectivity index (χ1n) is 14.1. The number of aliphatic carboxylic acids is 1. The highest BCUT2D eigenvalue weighted by atomic mass is 19.4. The normalized spacial score (nSPS) is 10.6. The summed E-state index contributed by atoms with van der Waals surface area (Å²) >= 11 is 0. The molecule has 0 aliphatic rings. The highest BCUT2D eigenvalue weighted by molar-refractivity contribution is 5.96. The van der Waals surface area contributed by atoms with Crippen molar-refractivity contribution in [3.8, 4) is 17.6 Å². The molecule has 0 atom stereocenters. The van der Waals surface area contributed by atoms with Gasteiger partial charge in [-0.05, 0) is 53.6 Å². The minimum absolute atomic E-state index is 0.0349. The molecule has 0 radical (unpaired) electrons. The van der Waals surface area contributed by atoms with Gasteiger partial charge in [-0.2, -0.15) is 18.4 Å². The van der Waals surface area contributed by atoms with Crippen LogP contribution in [0.5, 0.6) is 11.5 Å². The second-order valence-electron chi connectivity index (χ2n) is 9.88. The zero-order valence-corrected chi connectivity index (χ0v) is 24.8. The van der Waals surface area contributed by atoms with Crippen LogP contribution in [0.15, 0.2) is 97.1 Å². The van der Waals surface area contributed by atoms with Gasteiger partial charge in [-0.15, -0.1) is 0 Å². The molecule has 4 aromatic carbocycles. The van der Waals surface area contributed by atoms with Crippen LogP contribution >= 0.6 is 0 Å².